The van der Waals surface area contributed by atoms with Gasteiger partial charge in [-0.1, -0.05) is 17.3 Å². The molecule has 0 spiro atoms. The molecular weight excluding hydrogens is 394 g/mol. The Balaban J connectivity index is 1.62. The zero-order valence-corrected chi connectivity index (χ0v) is 17.1. The molecule has 9 heteroatoms. The Morgan fingerprint density at radius 3 is 2.77 bits per heavy atom. The van der Waals surface area contributed by atoms with Gasteiger partial charge in [0.05, 0.1) is 16.6 Å². The van der Waals surface area contributed by atoms with Gasteiger partial charge in [-0.3, -0.25) is 13.9 Å². The van der Waals surface area contributed by atoms with Crippen LogP contribution in [0.15, 0.2) is 51.8 Å². The van der Waals surface area contributed by atoms with E-state index in [9.17, 15) is 4.79 Å². The maximum atomic E-state index is 11.6. The summed E-state index contributed by atoms with van der Waals surface area (Å²) < 4.78 is 6.79. The molecule has 5 heterocycles. The number of fused-ring (bicyclic) bond motifs is 5. The van der Waals surface area contributed by atoms with Gasteiger partial charge in [0.2, 0.25) is 0 Å². The molecule has 0 radical (unpaired) electrons. The van der Waals surface area contributed by atoms with Gasteiger partial charge in [0.1, 0.15) is 11.5 Å². The first-order chi connectivity index (χ1) is 15.2. The summed E-state index contributed by atoms with van der Waals surface area (Å²) in [5.41, 5.74) is 4.01. The molecule has 0 atom stereocenters. The van der Waals surface area contributed by atoms with Crippen LogP contribution in [0.5, 0.6) is 0 Å². The van der Waals surface area contributed by atoms with E-state index in [-0.39, 0.29) is 0 Å². The Bertz CT molecular complexity index is 1480. The fourth-order valence-electron chi connectivity index (χ4n) is 4.35. The summed E-state index contributed by atoms with van der Waals surface area (Å²) in [5, 5.41) is 4.83. The molecule has 6 rings (SSSR count). The van der Waals surface area contributed by atoms with Gasteiger partial charge >= 0.3 is 5.76 Å². The lowest BCUT2D eigenvalue weighted by Crippen LogP contribution is -2.29. The van der Waals surface area contributed by atoms with E-state index in [2.05, 4.69) is 39.1 Å². The maximum absolute atomic E-state index is 11.6. The molecule has 5 aromatic rings. The highest BCUT2D eigenvalue weighted by atomic mass is 16.5. The molecular formula is C22H21N7O2. The number of likely N-dealkylation sites (N-methyl/N-ethyl adjacent to an activating group) is 1. The zero-order chi connectivity index (χ0) is 20.9. The molecule has 4 aromatic heterocycles. The van der Waals surface area contributed by atoms with E-state index in [1.807, 2.05) is 34.7 Å². The predicted molar refractivity (Wildman–Crippen MR) is 118 cm³/mol. The third kappa shape index (κ3) is 2.97. The first kappa shape index (κ1) is 18.1. The topological polar surface area (TPSA) is 95.6 Å². The monoisotopic (exact) mass is 415 g/mol. The zero-order valence-electron chi connectivity index (χ0n) is 17.1. The van der Waals surface area contributed by atoms with E-state index in [0.29, 0.717) is 17.0 Å². The minimum Gasteiger partial charge on any atom is -0.355 e. The van der Waals surface area contributed by atoms with Crippen molar-refractivity contribution < 1.29 is 4.52 Å². The van der Waals surface area contributed by atoms with Crippen molar-refractivity contribution in [3.05, 3.63) is 53.0 Å². The maximum Gasteiger partial charge on any atom is 0.439 e. The summed E-state index contributed by atoms with van der Waals surface area (Å²) in [4.78, 5) is 28.8. The number of pyridine rings is 2. The Morgan fingerprint density at radius 1 is 1.00 bits per heavy atom. The van der Waals surface area contributed by atoms with Crippen molar-refractivity contribution in [2.24, 2.45) is 0 Å². The lowest BCUT2D eigenvalue weighted by atomic mass is 10.2. The van der Waals surface area contributed by atoms with E-state index in [1.165, 1.54) is 0 Å². The van der Waals surface area contributed by atoms with Gasteiger partial charge in [0, 0.05) is 25.0 Å². The Hall–Kier alpha value is -3.72. The quantitative estimate of drug-likeness (QED) is 0.473. The summed E-state index contributed by atoms with van der Waals surface area (Å²) in [6.07, 6.45) is 1.11. The number of imidazole rings is 1. The molecule has 1 aliphatic rings. The standard InChI is InChI=1S/C22H21N7O2/c1-27-9-4-10-28(12-11-27)18-8-7-14-13-15(19-25-22(30)31-26-19)21-23-16-5-2-3-6-17(16)29(21)20(14)24-18/h2-3,5-8,13H,4,9-12H2,1H3,(H,25,26,30). The van der Waals surface area contributed by atoms with Gasteiger partial charge < -0.3 is 9.80 Å². The number of nitrogens with zero attached hydrogens (tertiary/aromatic N) is 6. The van der Waals surface area contributed by atoms with Gasteiger partial charge in [0.25, 0.3) is 0 Å². The number of rotatable bonds is 2. The fourth-order valence-corrected chi connectivity index (χ4v) is 4.35. The average Bonchev–Trinajstić information content (AvgIpc) is 3.32. The van der Waals surface area contributed by atoms with Gasteiger partial charge in [-0.25, -0.2) is 14.8 Å². The van der Waals surface area contributed by atoms with Crippen molar-refractivity contribution in [2.45, 2.75) is 6.42 Å². The van der Waals surface area contributed by atoms with Gasteiger partial charge in [-0.05, 0) is 50.3 Å². The van der Waals surface area contributed by atoms with Gasteiger partial charge in [-0.2, -0.15) is 0 Å². The highest BCUT2D eigenvalue weighted by Gasteiger charge is 2.19. The molecule has 1 aliphatic heterocycles. The largest absolute Gasteiger partial charge is 0.439 e. The van der Waals surface area contributed by atoms with Crippen LogP contribution < -0.4 is 10.7 Å². The van der Waals surface area contributed by atoms with E-state index in [0.717, 1.165) is 60.5 Å². The molecule has 1 saturated heterocycles. The van der Waals surface area contributed by atoms with Crippen LogP contribution in [0.3, 0.4) is 0 Å². The fraction of sp³-hybridized carbons (Fsp3) is 0.273. The van der Waals surface area contributed by atoms with Crippen LogP contribution >= 0.6 is 0 Å². The first-order valence-electron chi connectivity index (χ1n) is 10.4. The number of nitrogens with one attached hydrogen (secondary N) is 1. The first-order valence-corrected chi connectivity index (χ1v) is 10.4. The van der Waals surface area contributed by atoms with Crippen molar-refractivity contribution in [3.63, 3.8) is 0 Å². The summed E-state index contributed by atoms with van der Waals surface area (Å²) in [6.45, 7) is 4.04. The number of H-pyrrole nitrogens is 1. The number of para-hydroxylation sites is 2. The number of benzene rings is 1. The minimum atomic E-state index is -0.594. The normalized spacial score (nSPS) is 15.8. The van der Waals surface area contributed by atoms with Crippen molar-refractivity contribution in [1.29, 1.82) is 0 Å². The molecule has 0 aliphatic carbocycles. The number of anilines is 1. The molecule has 31 heavy (non-hydrogen) atoms. The minimum absolute atomic E-state index is 0.354. The van der Waals surface area contributed by atoms with Crippen LogP contribution in [-0.2, 0) is 0 Å². The van der Waals surface area contributed by atoms with Crippen molar-refractivity contribution >= 4 is 33.5 Å². The molecule has 9 nitrogen and oxygen atoms in total. The van der Waals surface area contributed by atoms with Crippen molar-refractivity contribution in [1.82, 2.24) is 29.4 Å². The van der Waals surface area contributed by atoms with Gasteiger partial charge in [0.15, 0.2) is 11.5 Å². The van der Waals surface area contributed by atoms with Crippen LogP contribution in [0.2, 0.25) is 0 Å². The van der Waals surface area contributed by atoms with E-state index >= 15 is 0 Å². The van der Waals surface area contributed by atoms with Crippen LogP contribution in [0, 0.1) is 0 Å². The smallest absolute Gasteiger partial charge is 0.355 e. The van der Waals surface area contributed by atoms with Crippen molar-refractivity contribution in [2.75, 3.05) is 38.1 Å². The third-order valence-corrected chi connectivity index (χ3v) is 5.94. The molecule has 1 aromatic carbocycles. The van der Waals surface area contributed by atoms with E-state index in [1.54, 1.807) is 0 Å². The molecule has 0 unspecified atom stereocenters. The number of hydrogen-bond acceptors (Lipinski definition) is 7. The van der Waals surface area contributed by atoms with Crippen LogP contribution in [0.1, 0.15) is 6.42 Å². The molecule has 1 N–H and O–H groups in total. The number of aromatic amines is 1. The Labute approximate surface area is 176 Å². The molecule has 1 fully saturated rings. The molecule has 156 valence electrons. The Morgan fingerprint density at radius 2 is 1.90 bits per heavy atom. The van der Waals surface area contributed by atoms with E-state index < -0.39 is 5.76 Å². The summed E-state index contributed by atoms with van der Waals surface area (Å²) in [5.74, 6) is 0.722. The highest BCUT2D eigenvalue weighted by Crippen LogP contribution is 2.31. The predicted octanol–water partition coefficient (Wildman–Crippen LogP) is 2.52. The Kier molecular flexibility index (Phi) is 4.03. The van der Waals surface area contributed by atoms with Crippen LogP contribution in [0.25, 0.3) is 39.1 Å². The van der Waals surface area contributed by atoms with E-state index in [4.69, 9.17) is 14.5 Å². The third-order valence-electron chi connectivity index (χ3n) is 5.94. The molecule has 0 saturated carbocycles. The van der Waals surface area contributed by atoms with Crippen molar-refractivity contribution in [3.8, 4) is 11.4 Å². The lowest BCUT2D eigenvalue weighted by molar-refractivity contribution is 0.360. The number of hydrogen-bond donors (Lipinski definition) is 1. The summed E-state index contributed by atoms with van der Waals surface area (Å²) >= 11 is 0. The molecule has 0 amide bonds. The lowest BCUT2D eigenvalue weighted by Gasteiger charge is -2.22. The van der Waals surface area contributed by atoms with Crippen LogP contribution in [0.4, 0.5) is 5.82 Å². The second-order valence-electron chi connectivity index (χ2n) is 7.99. The summed E-state index contributed by atoms with van der Waals surface area (Å²) in [6, 6.07) is 14.0. The number of aromatic nitrogens is 5. The summed E-state index contributed by atoms with van der Waals surface area (Å²) in [7, 11) is 2.16. The van der Waals surface area contributed by atoms with Crippen LogP contribution in [-0.4, -0.2) is 62.6 Å². The second-order valence-corrected chi connectivity index (χ2v) is 7.99. The molecule has 0 bridgehead atoms. The highest BCUT2D eigenvalue weighted by molar-refractivity contribution is 5.95. The SMILES string of the molecule is CN1CCCN(c2ccc3cc(-c4noc(=O)[nH]4)c4nc5ccccc5n4c3n2)CC1. The second kappa shape index (κ2) is 6.92. The average molecular weight is 415 g/mol. The van der Waals surface area contributed by atoms with Gasteiger partial charge in [-0.15, -0.1) is 0 Å².